The molecule has 2 aromatic rings. The fourth-order valence-electron chi connectivity index (χ4n) is 1.59. The van der Waals surface area contributed by atoms with Gasteiger partial charge in [-0.2, -0.15) is 0 Å². The van der Waals surface area contributed by atoms with Crippen LogP contribution in [0.25, 0.3) is 0 Å². The summed E-state index contributed by atoms with van der Waals surface area (Å²) in [5.74, 6) is -0.696. The summed E-state index contributed by atoms with van der Waals surface area (Å²) in [6, 6.07) is 5.60. The van der Waals surface area contributed by atoms with Gasteiger partial charge in [0.25, 0.3) is 5.91 Å². The van der Waals surface area contributed by atoms with Crippen LogP contribution in [0.5, 0.6) is 0 Å². The molecular weight excluding hydrogens is 233 g/mol. The molecule has 0 fully saturated rings. The predicted octanol–water partition coefficient (Wildman–Crippen LogP) is 2.36. The summed E-state index contributed by atoms with van der Waals surface area (Å²) >= 11 is 0. The van der Waals surface area contributed by atoms with Crippen molar-refractivity contribution in [2.24, 2.45) is 0 Å². The Hall–Kier alpha value is -2.43. The van der Waals surface area contributed by atoms with Crippen molar-refractivity contribution < 1.29 is 9.18 Å². The molecule has 0 aliphatic carbocycles. The van der Waals surface area contributed by atoms with E-state index in [4.69, 9.17) is 5.73 Å². The fraction of sp³-hybridized carbons (Fsp3) is 0.0769. The molecular formula is C13H12FN3O. The van der Waals surface area contributed by atoms with Gasteiger partial charge in [0.1, 0.15) is 5.82 Å². The van der Waals surface area contributed by atoms with Gasteiger partial charge in [-0.3, -0.25) is 9.78 Å². The monoisotopic (exact) mass is 245 g/mol. The Morgan fingerprint density at radius 1 is 1.39 bits per heavy atom. The maximum atomic E-state index is 12.9. The molecule has 92 valence electrons. The van der Waals surface area contributed by atoms with Crippen molar-refractivity contribution in [3.8, 4) is 0 Å². The summed E-state index contributed by atoms with van der Waals surface area (Å²) in [4.78, 5) is 15.8. The average molecular weight is 245 g/mol. The van der Waals surface area contributed by atoms with Crippen LogP contribution in [0.15, 0.2) is 36.7 Å². The lowest BCUT2D eigenvalue weighted by molar-refractivity contribution is 0.102. The molecule has 2 rings (SSSR count). The summed E-state index contributed by atoms with van der Waals surface area (Å²) in [6.45, 7) is 1.67. The summed E-state index contributed by atoms with van der Waals surface area (Å²) in [6.07, 6.45) is 2.98. The molecule has 4 nitrogen and oxygen atoms in total. The molecule has 0 radical (unpaired) electrons. The lowest BCUT2D eigenvalue weighted by atomic mass is 10.1. The number of nitrogen functional groups attached to an aromatic ring is 1. The van der Waals surface area contributed by atoms with E-state index in [1.807, 2.05) is 0 Å². The third kappa shape index (κ3) is 2.45. The molecule has 1 aromatic heterocycles. The highest BCUT2D eigenvalue weighted by Crippen LogP contribution is 2.18. The fourth-order valence-corrected chi connectivity index (χ4v) is 1.59. The Morgan fingerprint density at radius 3 is 2.83 bits per heavy atom. The van der Waals surface area contributed by atoms with Crippen LogP contribution in [-0.4, -0.2) is 10.9 Å². The molecule has 0 aliphatic rings. The van der Waals surface area contributed by atoms with E-state index in [0.29, 0.717) is 22.5 Å². The zero-order valence-corrected chi connectivity index (χ0v) is 9.77. The number of aryl methyl sites for hydroxylation is 1. The standard InChI is InChI=1S/C13H12FN3O/c1-8-6-9(14)2-3-10(8)13(18)17-12-4-5-16-7-11(12)15/h2-7H,15H2,1H3,(H,16,17,18). The number of rotatable bonds is 2. The minimum atomic E-state index is -0.368. The minimum Gasteiger partial charge on any atom is -0.396 e. The third-order valence-electron chi connectivity index (χ3n) is 2.53. The van der Waals surface area contributed by atoms with Crippen molar-refractivity contribution in [1.82, 2.24) is 4.98 Å². The van der Waals surface area contributed by atoms with E-state index in [0.717, 1.165) is 0 Å². The van der Waals surface area contributed by atoms with Crippen molar-refractivity contribution in [1.29, 1.82) is 0 Å². The van der Waals surface area contributed by atoms with Crippen LogP contribution in [-0.2, 0) is 0 Å². The number of benzene rings is 1. The largest absolute Gasteiger partial charge is 0.396 e. The second-order valence-corrected chi connectivity index (χ2v) is 3.88. The first kappa shape index (κ1) is 12.0. The topological polar surface area (TPSA) is 68.0 Å². The molecule has 0 atom stereocenters. The zero-order chi connectivity index (χ0) is 13.1. The summed E-state index contributed by atoms with van der Waals surface area (Å²) < 4.78 is 12.9. The molecule has 1 heterocycles. The van der Waals surface area contributed by atoms with E-state index in [1.54, 1.807) is 13.0 Å². The molecule has 1 aromatic carbocycles. The molecule has 0 spiro atoms. The van der Waals surface area contributed by atoms with Crippen LogP contribution in [0.1, 0.15) is 15.9 Å². The first-order chi connectivity index (χ1) is 8.58. The Bertz CT molecular complexity index is 599. The summed E-state index contributed by atoms with van der Waals surface area (Å²) in [7, 11) is 0. The first-order valence-electron chi connectivity index (χ1n) is 5.35. The van der Waals surface area contributed by atoms with Crippen molar-refractivity contribution in [3.05, 3.63) is 53.6 Å². The Balaban J connectivity index is 2.25. The number of nitrogens with zero attached hydrogens (tertiary/aromatic N) is 1. The van der Waals surface area contributed by atoms with Gasteiger partial charge in [-0.1, -0.05) is 0 Å². The average Bonchev–Trinajstić information content (AvgIpc) is 2.32. The smallest absolute Gasteiger partial charge is 0.255 e. The number of amides is 1. The van der Waals surface area contributed by atoms with E-state index in [2.05, 4.69) is 10.3 Å². The van der Waals surface area contributed by atoms with Gasteiger partial charge >= 0.3 is 0 Å². The lowest BCUT2D eigenvalue weighted by Gasteiger charge is -2.09. The van der Waals surface area contributed by atoms with E-state index in [9.17, 15) is 9.18 Å². The van der Waals surface area contributed by atoms with Gasteiger partial charge in [0.2, 0.25) is 0 Å². The van der Waals surface area contributed by atoms with Gasteiger partial charge in [0.15, 0.2) is 0 Å². The minimum absolute atomic E-state index is 0.328. The SMILES string of the molecule is Cc1cc(F)ccc1C(=O)Nc1ccncc1N. The molecule has 1 amide bonds. The molecule has 0 saturated carbocycles. The molecule has 0 bridgehead atoms. The van der Waals surface area contributed by atoms with Crippen molar-refractivity contribution >= 4 is 17.3 Å². The lowest BCUT2D eigenvalue weighted by Crippen LogP contribution is -2.14. The second kappa shape index (κ2) is 4.83. The van der Waals surface area contributed by atoms with Crippen LogP contribution in [0, 0.1) is 12.7 Å². The number of nitrogens with two attached hydrogens (primary N) is 1. The Morgan fingerprint density at radius 2 is 2.17 bits per heavy atom. The third-order valence-corrected chi connectivity index (χ3v) is 2.53. The number of halogens is 1. The predicted molar refractivity (Wildman–Crippen MR) is 67.7 cm³/mol. The van der Waals surface area contributed by atoms with Crippen LogP contribution < -0.4 is 11.1 Å². The van der Waals surface area contributed by atoms with Gasteiger partial charge in [0.05, 0.1) is 17.6 Å². The highest BCUT2D eigenvalue weighted by Gasteiger charge is 2.11. The zero-order valence-electron chi connectivity index (χ0n) is 9.77. The van der Waals surface area contributed by atoms with Crippen molar-refractivity contribution in [2.45, 2.75) is 6.92 Å². The molecule has 0 aliphatic heterocycles. The van der Waals surface area contributed by atoms with Crippen LogP contribution in [0.4, 0.5) is 15.8 Å². The normalized spacial score (nSPS) is 10.1. The summed E-state index contributed by atoms with van der Waals surface area (Å²) in [5.41, 5.74) is 7.52. The van der Waals surface area contributed by atoms with Gasteiger partial charge in [-0.25, -0.2) is 4.39 Å². The number of hydrogen-bond donors (Lipinski definition) is 2. The molecule has 0 unspecified atom stereocenters. The number of carbonyl (C=O) groups excluding carboxylic acids is 1. The summed E-state index contributed by atoms with van der Waals surface area (Å²) in [5, 5.41) is 2.66. The van der Waals surface area contributed by atoms with E-state index in [1.165, 1.54) is 30.6 Å². The molecule has 0 saturated heterocycles. The maximum absolute atomic E-state index is 12.9. The van der Waals surface area contributed by atoms with Crippen molar-refractivity contribution in [2.75, 3.05) is 11.1 Å². The van der Waals surface area contributed by atoms with E-state index < -0.39 is 0 Å². The number of aromatic nitrogens is 1. The Kier molecular flexibility index (Phi) is 3.23. The number of hydrogen-bond acceptors (Lipinski definition) is 3. The van der Waals surface area contributed by atoms with E-state index >= 15 is 0 Å². The number of anilines is 2. The number of nitrogens with one attached hydrogen (secondary N) is 1. The van der Waals surface area contributed by atoms with Gasteiger partial charge < -0.3 is 11.1 Å². The highest BCUT2D eigenvalue weighted by molar-refractivity contribution is 6.06. The van der Waals surface area contributed by atoms with Crippen molar-refractivity contribution in [3.63, 3.8) is 0 Å². The van der Waals surface area contributed by atoms with Crippen LogP contribution in [0.3, 0.4) is 0 Å². The molecule has 5 heteroatoms. The number of carbonyl (C=O) groups is 1. The molecule has 3 N–H and O–H groups in total. The van der Waals surface area contributed by atoms with Crippen LogP contribution in [0.2, 0.25) is 0 Å². The highest BCUT2D eigenvalue weighted by atomic mass is 19.1. The van der Waals surface area contributed by atoms with Crippen LogP contribution >= 0.6 is 0 Å². The van der Waals surface area contributed by atoms with Gasteiger partial charge in [-0.05, 0) is 36.8 Å². The number of pyridine rings is 1. The first-order valence-corrected chi connectivity index (χ1v) is 5.35. The quantitative estimate of drug-likeness (QED) is 0.853. The molecule has 18 heavy (non-hydrogen) atoms. The van der Waals surface area contributed by atoms with Gasteiger partial charge in [-0.15, -0.1) is 0 Å². The Labute approximate surface area is 104 Å². The van der Waals surface area contributed by atoms with E-state index in [-0.39, 0.29) is 11.7 Å². The maximum Gasteiger partial charge on any atom is 0.255 e. The van der Waals surface area contributed by atoms with Gasteiger partial charge in [0, 0.05) is 11.8 Å². The second-order valence-electron chi connectivity index (χ2n) is 3.88.